The zero-order valence-electron chi connectivity index (χ0n) is 15.6. The van der Waals surface area contributed by atoms with Crippen LogP contribution in [0.15, 0.2) is 36.7 Å². The standard InChI is InChI=1S/C19H27N7O/c1-2-5-21-18(3-1)25-9-11-26(12-10-25)19-22-6-4-17(23-19)20-7-8-24-13-15-27-16-14-24/h1-6H,7-16H2,(H,20,22,23). The largest absolute Gasteiger partial charge is 0.379 e. The van der Waals surface area contributed by atoms with E-state index in [1.54, 1.807) is 0 Å². The molecule has 8 nitrogen and oxygen atoms in total. The molecule has 0 saturated carbocycles. The monoisotopic (exact) mass is 369 g/mol. The van der Waals surface area contributed by atoms with Crippen molar-refractivity contribution in [1.82, 2.24) is 19.9 Å². The number of hydrogen-bond acceptors (Lipinski definition) is 8. The second-order valence-corrected chi connectivity index (χ2v) is 6.78. The van der Waals surface area contributed by atoms with Crippen molar-refractivity contribution in [2.45, 2.75) is 0 Å². The summed E-state index contributed by atoms with van der Waals surface area (Å²) in [4.78, 5) is 20.6. The highest BCUT2D eigenvalue weighted by molar-refractivity contribution is 5.44. The van der Waals surface area contributed by atoms with E-state index >= 15 is 0 Å². The number of hydrogen-bond donors (Lipinski definition) is 1. The Balaban J connectivity index is 1.27. The molecule has 0 unspecified atom stereocenters. The number of morpholine rings is 1. The molecule has 0 amide bonds. The van der Waals surface area contributed by atoms with Gasteiger partial charge in [0.15, 0.2) is 0 Å². The van der Waals surface area contributed by atoms with Crippen LogP contribution in [-0.2, 0) is 4.74 Å². The summed E-state index contributed by atoms with van der Waals surface area (Å²) in [6.07, 6.45) is 3.68. The van der Waals surface area contributed by atoms with Crippen molar-refractivity contribution in [2.75, 3.05) is 80.7 Å². The SMILES string of the molecule is c1ccc(N2CCN(c3nccc(NCCN4CCOCC4)n3)CC2)nc1. The molecule has 0 spiro atoms. The lowest BCUT2D eigenvalue weighted by Crippen LogP contribution is -2.47. The number of anilines is 3. The molecule has 144 valence electrons. The number of pyridine rings is 1. The second kappa shape index (κ2) is 8.96. The molecule has 1 N–H and O–H groups in total. The predicted octanol–water partition coefficient (Wildman–Crippen LogP) is 0.942. The van der Waals surface area contributed by atoms with Gasteiger partial charge in [-0.1, -0.05) is 6.07 Å². The molecular formula is C19H27N7O. The van der Waals surface area contributed by atoms with E-state index in [4.69, 9.17) is 9.72 Å². The lowest BCUT2D eigenvalue weighted by atomic mass is 10.3. The molecular weight excluding hydrogens is 342 g/mol. The van der Waals surface area contributed by atoms with Gasteiger partial charge in [-0.25, -0.2) is 9.97 Å². The minimum Gasteiger partial charge on any atom is -0.379 e. The van der Waals surface area contributed by atoms with Crippen LogP contribution in [0.3, 0.4) is 0 Å². The van der Waals surface area contributed by atoms with Crippen molar-refractivity contribution in [3.8, 4) is 0 Å². The predicted molar refractivity (Wildman–Crippen MR) is 106 cm³/mol. The number of piperazine rings is 1. The molecule has 2 saturated heterocycles. The minimum atomic E-state index is 0.798. The van der Waals surface area contributed by atoms with Crippen molar-refractivity contribution in [2.24, 2.45) is 0 Å². The Morgan fingerprint density at radius 1 is 0.889 bits per heavy atom. The average molecular weight is 369 g/mol. The summed E-state index contributed by atoms with van der Waals surface area (Å²) < 4.78 is 5.39. The van der Waals surface area contributed by atoms with Gasteiger partial charge in [0.2, 0.25) is 5.95 Å². The summed E-state index contributed by atoms with van der Waals surface area (Å²) in [7, 11) is 0. The van der Waals surface area contributed by atoms with E-state index in [2.05, 4.69) is 36.1 Å². The van der Waals surface area contributed by atoms with Gasteiger partial charge in [0.05, 0.1) is 13.2 Å². The number of nitrogens with zero attached hydrogens (tertiary/aromatic N) is 6. The van der Waals surface area contributed by atoms with Crippen LogP contribution in [0.25, 0.3) is 0 Å². The van der Waals surface area contributed by atoms with Gasteiger partial charge in [0, 0.05) is 64.8 Å². The number of nitrogens with one attached hydrogen (secondary N) is 1. The normalized spacial score (nSPS) is 18.5. The summed E-state index contributed by atoms with van der Waals surface area (Å²) in [5, 5.41) is 3.43. The summed E-state index contributed by atoms with van der Waals surface area (Å²) in [6.45, 7) is 9.22. The Labute approximate surface area is 160 Å². The van der Waals surface area contributed by atoms with Gasteiger partial charge in [-0.15, -0.1) is 0 Å². The number of aromatic nitrogens is 3. The van der Waals surface area contributed by atoms with E-state index in [9.17, 15) is 0 Å². The maximum Gasteiger partial charge on any atom is 0.227 e. The smallest absolute Gasteiger partial charge is 0.227 e. The van der Waals surface area contributed by atoms with Gasteiger partial charge < -0.3 is 19.9 Å². The molecule has 2 aliphatic rings. The maximum absolute atomic E-state index is 5.39. The Morgan fingerprint density at radius 3 is 2.48 bits per heavy atom. The molecule has 0 atom stereocenters. The highest BCUT2D eigenvalue weighted by Gasteiger charge is 2.20. The van der Waals surface area contributed by atoms with Crippen LogP contribution in [0.2, 0.25) is 0 Å². The third-order valence-electron chi connectivity index (χ3n) is 5.02. The van der Waals surface area contributed by atoms with E-state index in [0.717, 1.165) is 83.2 Å². The summed E-state index contributed by atoms with van der Waals surface area (Å²) in [5.41, 5.74) is 0. The lowest BCUT2D eigenvalue weighted by Gasteiger charge is -2.35. The molecule has 4 heterocycles. The van der Waals surface area contributed by atoms with Crippen LogP contribution in [0, 0.1) is 0 Å². The van der Waals surface area contributed by atoms with Gasteiger partial charge in [0.25, 0.3) is 0 Å². The number of ether oxygens (including phenoxy) is 1. The summed E-state index contributed by atoms with van der Waals surface area (Å²) in [5.74, 6) is 2.73. The first-order valence-electron chi connectivity index (χ1n) is 9.66. The van der Waals surface area contributed by atoms with Gasteiger partial charge in [0.1, 0.15) is 11.6 Å². The first kappa shape index (κ1) is 17.9. The van der Waals surface area contributed by atoms with E-state index in [1.807, 2.05) is 30.6 Å². The third kappa shape index (κ3) is 4.84. The van der Waals surface area contributed by atoms with Crippen molar-refractivity contribution in [1.29, 1.82) is 0 Å². The maximum atomic E-state index is 5.39. The molecule has 2 fully saturated rings. The Kier molecular flexibility index (Phi) is 5.96. The summed E-state index contributed by atoms with van der Waals surface area (Å²) >= 11 is 0. The molecule has 8 heteroatoms. The van der Waals surface area contributed by atoms with Gasteiger partial charge in [-0.3, -0.25) is 4.90 Å². The lowest BCUT2D eigenvalue weighted by molar-refractivity contribution is 0.0398. The summed E-state index contributed by atoms with van der Waals surface area (Å²) in [6, 6.07) is 7.98. The molecule has 4 rings (SSSR count). The minimum absolute atomic E-state index is 0.798. The highest BCUT2D eigenvalue weighted by atomic mass is 16.5. The molecule has 0 aliphatic carbocycles. The zero-order valence-corrected chi connectivity index (χ0v) is 15.6. The zero-order chi connectivity index (χ0) is 18.3. The van der Waals surface area contributed by atoms with Crippen molar-refractivity contribution in [3.63, 3.8) is 0 Å². The Bertz CT molecular complexity index is 700. The quantitative estimate of drug-likeness (QED) is 0.807. The van der Waals surface area contributed by atoms with Crippen molar-refractivity contribution >= 4 is 17.6 Å². The molecule has 2 aromatic heterocycles. The van der Waals surface area contributed by atoms with Crippen molar-refractivity contribution < 1.29 is 4.74 Å². The van der Waals surface area contributed by atoms with E-state index in [0.29, 0.717) is 0 Å². The van der Waals surface area contributed by atoms with Crippen LogP contribution >= 0.6 is 0 Å². The van der Waals surface area contributed by atoms with E-state index < -0.39 is 0 Å². The molecule has 0 radical (unpaired) electrons. The van der Waals surface area contributed by atoms with E-state index in [-0.39, 0.29) is 0 Å². The van der Waals surface area contributed by atoms with Crippen LogP contribution in [0.4, 0.5) is 17.6 Å². The fraction of sp³-hybridized carbons (Fsp3) is 0.526. The highest BCUT2D eigenvalue weighted by Crippen LogP contribution is 2.17. The topological polar surface area (TPSA) is 69.7 Å². The second-order valence-electron chi connectivity index (χ2n) is 6.78. The fourth-order valence-electron chi connectivity index (χ4n) is 3.44. The van der Waals surface area contributed by atoms with Crippen LogP contribution in [-0.4, -0.2) is 85.4 Å². The molecule has 2 aromatic rings. The third-order valence-corrected chi connectivity index (χ3v) is 5.02. The van der Waals surface area contributed by atoms with E-state index in [1.165, 1.54) is 0 Å². The van der Waals surface area contributed by atoms with Crippen LogP contribution < -0.4 is 15.1 Å². The Morgan fingerprint density at radius 2 is 1.70 bits per heavy atom. The first-order valence-corrected chi connectivity index (χ1v) is 9.66. The van der Waals surface area contributed by atoms with Crippen molar-refractivity contribution in [3.05, 3.63) is 36.7 Å². The van der Waals surface area contributed by atoms with Gasteiger partial charge >= 0.3 is 0 Å². The average Bonchev–Trinajstić information content (AvgIpc) is 2.76. The molecule has 0 aromatic carbocycles. The Hall–Kier alpha value is -2.45. The number of rotatable bonds is 6. The van der Waals surface area contributed by atoms with Gasteiger partial charge in [-0.05, 0) is 18.2 Å². The molecule has 2 aliphatic heterocycles. The molecule has 0 bridgehead atoms. The van der Waals surface area contributed by atoms with Crippen LogP contribution in [0.1, 0.15) is 0 Å². The van der Waals surface area contributed by atoms with Gasteiger partial charge in [-0.2, -0.15) is 4.98 Å². The molecule has 27 heavy (non-hydrogen) atoms. The van der Waals surface area contributed by atoms with Crippen LogP contribution in [0.5, 0.6) is 0 Å². The fourth-order valence-corrected chi connectivity index (χ4v) is 3.44. The first-order chi connectivity index (χ1) is 13.4.